The first-order chi connectivity index (χ1) is 9.53. The number of hydrogen-bond acceptors (Lipinski definition) is 3. The molecule has 0 spiro atoms. The summed E-state index contributed by atoms with van der Waals surface area (Å²) in [6.07, 6.45) is 3.65. The van der Waals surface area contributed by atoms with Gasteiger partial charge in [-0.2, -0.15) is 0 Å². The molecule has 2 N–H and O–H groups in total. The van der Waals surface area contributed by atoms with Gasteiger partial charge in [0.2, 0.25) is 10.0 Å². The van der Waals surface area contributed by atoms with Gasteiger partial charge in [0.25, 0.3) is 0 Å². The molecule has 1 aliphatic carbocycles. The van der Waals surface area contributed by atoms with Gasteiger partial charge in [0, 0.05) is 11.6 Å². The second-order valence-corrected chi connectivity index (χ2v) is 6.39. The fourth-order valence-corrected chi connectivity index (χ4v) is 3.74. The monoisotopic (exact) mass is 297 g/mol. The highest BCUT2D eigenvalue weighted by molar-refractivity contribution is 7.89. The van der Waals surface area contributed by atoms with E-state index in [1.807, 2.05) is 0 Å². The van der Waals surface area contributed by atoms with E-state index in [0.29, 0.717) is 0 Å². The Morgan fingerprint density at radius 2 is 2.05 bits per heavy atom. The summed E-state index contributed by atoms with van der Waals surface area (Å²) in [6.45, 7) is -0.411. The van der Waals surface area contributed by atoms with E-state index < -0.39 is 22.4 Å². The van der Waals surface area contributed by atoms with Gasteiger partial charge in [-0.05, 0) is 31.0 Å². The molecule has 2 rings (SSSR count). The largest absolute Gasteiger partial charge is 0.384 e. The highest BCUT2D eigenvalue weighted by Crippen LogP contribution is 2.22. The van der Waals surface area contributed by atoms with Crippen molar-refractivity contribution in [3.8, 4) is 11.8 Å². The lowest BCUT2D eigenvalue weighted by Crippen LogP contribution is -2.33. The Kier molecular flexibility index (Phi) is 4.76. The summed E-state index contributed by atoms with van der Waals surface area (Å²) in [6, 6.07) is 3.29. The van der Waals surface area contributed by atoms with E-state index in [9.17, 15) is 12.8 Å². The van der Waals surface area contributed by atoms with Crippen LogP contribution in [0, 0.1) is 17.7 Å². The first kappa shape index (κ1) is 15.0. The SMILES string of the molecule is O=S(=O)(NC1CCCC1)c1ccc(F)cc1C#CCO. The molecule has 108 valence electrons. The van der Waals surface area contributed by atoms with Crippen LogP contribution in [-0.2, 0) is 10.0 Å². The van der Waals surface area contributed by atoms with Crippen molar-refractivity contribution in [3.63, 3.8) is 0 Å². The Hall–Kier alpha value is -1.42. The predicted octanol–water partition coefficient (Wildman–Crippen LogP) is 1.39. The second kappa shape index (κ2) is 6.35. The summed E-state index contributed by atoms with van der Waals surface area (Å²) in [5.41, 5.74) is 0.0598. The molecular weight excluding hydrogens is 281 g/mol. The summed E-state index contributed by atoms with van der Waals surface area (Å²) >= 11 is 0. The van der Waals surface area contributed by atoms with E-state index in [4.69, 9.17) is 5.11 Å². The van der Waals surface area contributed by atoms with Gasteiger partial charge in [-0.1, -0.05) is 24.7 Å². The van der Waals surface area contributed by atoms with Gasteiger partial charge in [-0.25, -0.2) is 17.5 Å². The molecule has 0 aliphatic heterocycles. The Morgan fingerprint density at radius 1 is 1.35 bits per heavy atom. The zero-order chi connectivity index (χ0) is 14.6. The van der Waals surface area contributed by atoms with Gasteiger partial charge < -0.3 is 5.11 Å². The van der Waals surface area contributed by atoms with Crippen molar-refractivity contribution in [1.29, 1.82) is 0 Å². The van der Waals surface area contributed by atoms with Crippen LogP contribution in [-0.4, -0.2) is 26.2 Å². The average molecular weight is 297 g/mol. The second-order valence-electron chi connectivity index (χ2n) is 4.70. The van der Waals surface area contributed by atoms with Crippen molar-refractivity contribution < 1.29 is 17.9 Å². The molecule has 20 heavy (non-hydrogen) atoms. The number of aliphatic hydroxyl groups is 1. The number of halogens is 1. The Bertz CT molecular complexity index is 640. The highest BCUT2D eigenvalue weighted by Gasteiger charge is 2.24. The van der Waals surface area contributed by atoms with E-state index in [2.05, 4.69) is 16.6 Å². The molecular formula is C14H16FNO3S. The lowest BCUT2D eigenvalue weighted by molar-refractivity contribution is 0.350. The molecule has 0 unspecified atom stereocenters. The van der Waals surface area contributed by atoms with Crippen LogP contribution in [0.4, 0.5) is 4.39 Å². The third-order valence-corrected chi connectivity index (χ3v) is 4.79. The topological polar surface area (TPSA) is 66.4 Å². The van der Waals surface area contributed by atoms with Crippen LogP contribution >= 0.6 is 0 Å². The number of sulfonamides is 1. The molecule has 0 bridgehead atoms. The molecule has 0 aromatic heterocycles. The number of aliphatic hydroxyl groups excluding tert-OH is 1. The fourth-order valence-electron chi connectivity index (χ4n) is 2.30. The average Bonchev–Trinajstić information content (AvgIpc) is 2.88. The van der Waals surface area contributed by atoms with Crippen molar-refractivity contribution >= 4 is 10.0 Å². The standard InChI is InChI=1S/C14H16FNO3S/c15-12-7-8-14(11(10-12)4-3-9-17)20(18,19)16-13-5-1-2-6-13/h7-8,10,13,16-17H,1-2,5-6,9H2. The summed E-state index contributed by atoms with van der Waals surface area (Å²) in [5.74, 6) is 4.26. The number of benzene rings is 1. The predicted molar refractivity (Wildman–Crippen MR) is 72.9 cm³/mol. The summed E-state index contributed by atoms with van der Waals surface area (Å²) in [5, 5.41) is 8.69. The van der Waals surface area contributed by atoms with Crippen molar-refractivity contribution in [3.05, 3.63) is 29.6 Å². The molecule has 1 aromatic rings. The smallest absolute Gasteiger partial charge is 0.242 e. The lowest BCUT2D eigenvalue weighted by atomic mass is 10.2. The fraction of sp³-hybridized carbons (Fsp3) is 0.429. The quantitative estimate of drug-likeness (QED) is 0.829. The van der Waals surface area contributed by atoms with Gasteiger partial charge in [0.1, 0.15) is 12.4 Å². The van der Waals surface area contributed by atoms with Crippen LogP contribution in [0.2, 0.25) is 0 Å². The molecule has 6 heteroatoms. The van der Waals surface area contributed by atoms with E-state index in [0.717, 1.165) is 37.8 Å². The molecule has 0 amide bonds. The molecule has 0 heterocycles. The van der Waals surface area contributed by atoms with Gasteiger partial charge in [-0.3, -0.25) is 0 Å². The van der Waals surface area contributed by atoms with Crippen molar-refractivity contribution in [2.45, 2.75) is 36.6 Å². The maximum absolute atomic E-state index is 13.2. The van der Waals surface area contributed by atoms with Crippen LogP contribution in [0.1, 0.15) is 31.2 Å². The Balaban J connectivity index is 2.34. The maximum atomic E-state index is 13.2. The molecule has 1 aromatic carbocycles. The van der Waals surface area contributed by atoms with Crippen LogP contribution in [0.25, 0.3) is 0 Å². The zero-order valence-corrected chi connectivity index (χ0v) is 11.7. The third-order valence-electron chi connectivity index (χ3n) is 3.21. The Morgan fingerprint density at radius 3 is 2.70 bits per heavy atom. The van der Waals surface area contributed by atoms with Crippen molar-refractivity contribution in [2.24, 2.45) is 0 Å². The summed E-state index contributed by atoms with van der Waals surface area (Å²) in [7, 11) is -3.72. The van der Waals surface area contributed by atoms with Crippen molar-refractivity contribution in [1.82, 2.24) is 4.72 Å². The minimum absolute atomic E-state index is 0.0493. The summed E-state index contributed by atoms with van der Waals surface area (Å²) in [4.78, 5) is -0.0493. The van der Waals surface area contributed by atoms with Crippen LogP contribution < -0.4 is 4.72 Å². The highest BCUT2D eigenvalue weighted by atomic mass is 32.2. The lowest BCUT2D eigenvalue weighted by Gasteiger charge is -2.13. The number of hydrogen-bond donors (Lipinski definition) is 2. The minimum atomic E-state index is -3.72. The maximum Gasteiger partial charge on any atom is 0.242 e. The molecule has 1 aliphatic rings. The van der Waals surface area contributed by atoms with Crippen LogP contribution in [0.3, 0.4) is 0 Å². The van der Waals surface area contributed by atoms with Gasteiger partial charge >= 0.3 is 0 Å². The van der Waals surface area contributed by atoms with Gasteiger partial charge in [-0.15, -0.1) is 0 Å². The Labute approximate surface area is 118 Å². The molecule has 4 nitrogen and oxygen atoms in total. The van der Waals surface area contributed by atoms with Crippen LogP contribution in [0.5, 0.6) is 0 Å². The van der Waals surface area contributed by atoms with Gasteiger partial charge in [0.15, 0.2) is 0 Å². The van der Waals surface area contributed by atoms with Crippen LogP contribution in [0.15, 0.2) is 23.1 Å². The van der Waals surface area contributed by atoms with Crippen molar-refractivity contribution in [2.75, 3.05) is 6.61 Å². The summed E-state index contributed by atoms with van der Waals surface area (Å²) < 4.78 is 40.5. The zero-order valence-electron chi connectivity index (χ0n) is 10.9. The van der Waals surface area contributed by atoms with E-state index in [-0.39, 0.29) is 16.5 Å². The van der Waals surface area contributed by atoms with E-state index >= 15 is 0 Å². The first-order valence-corrected chi connectivity index (χ1v) is 7.93. The minimum Gasteiger partial charge on any atom is -0.384 e. The number of rotatable bonds is 3. The molecule has 0 radical (unpaired) electrons. The van der Waals surface area contributed by atoms with E-state index in [1.54, 1.807) is 0 Å². The number of nitrogens with one attached hydrogen (secondary N) is 1. The molecule has 1 fully saturated rings. The normalized spacial score (nSPS) is 15.9. The third kappa shape index (κ3) is 3.57. The molecule has 0 saturated heterocycles. The molecule has 0 atom stereocenters. The first-order valence-electron chi connectivity index (χ1n) is 6.44. The molecule has 1 saturated carbocycles. The van der Waals surface area contributed by atoms with Gasteiger partial charge in [0.05, 0.1) is 4.90 Å². The van der Waals surface area contributed by atoms with E-state index in [1.165, 1.54) is 6.07 Å².